The number of urea groups is 1. The number of piperidine rings is 1. The molecule has 0 aliphatic carbocycles. The number of carbonyl (C=O) groups excluding carboxylic acids is 1. The first-order valence-electron chi connectivity index (χ1n) is 11.4. The SMILES string of the molecule is CN1CC2CCN(c3ccc(NC(=O)N4CCC(c5ccc(Cl)cc5)CC4)cc3)C2C1. The maximum Gasteiger partial charge on any atom is 0.321 e. The van der Waals surface area contributed by atoms with Crippen LogP contribution in [-0.2, 0) is 0 Å². The Labute approximate surface area is 190 Å². The Bertz CT molecular complexity index is 908. The van der Waals surface area contributed by atoms with Crippen molar-refractivity contribution in [2.45, 2.75) is 31.2 Å². The highest BCUT2D eigenvalue weighted by Crippen LogP contribution is 2.35. The van der Waals surface area contributed by atoms with Gasteiger partial charge in [0, 0.05) is 55.2 Å². The number of hydrogen-bond acceptors (Lipinski definition) is 3. The molecule has 5 nitrogen and oxygen atoms in total. The van der Waals surface area contributed by atoms with E-state index < -0.39 is 0 Å². The lowest BCUT2D eigenvalue weighted by atomic mass is 9.89. The number of benzene rings is 2. The van der Waals surface area contributed by atoms with Crippen LogP contribution in [0.2, 0.25) is 5.02 Å². The van der Waals surface area contributed by atoms with E-state index in [2.05, 4.69) is 46.4 Å². The molecule has 1 N–H and O–H groups in total. The molecule has 0 spiro atoms. The second-order valence-electron chi connectivity index (χ2n) is 9.32. The van der Waals surface area contributed by atoms with Crippen LogP contribution in [0.5, 0.6) is 0 Å². The number of fused-ring (bicyclic) bond motifs is 1. The molecule has 0 aromatic heterocycles. The molecule has 5 rings (SSSR count). The first-order valence-corrected chi connectivity index (χ1v) is 11.8. The van der Waals surface area contributed by atoms with E-state index in [1.807, 2.05) is 29.2 Å². The highest BCUT2D eigenvalue weighted by atomic mass is 35.5. The lowest BCUT2D eigenvalue weighted by Gasteiger charge is -2.32. The monoisotopic (exact) mass is 438 g/mol. The van der Waals surface area contributed by atoms with Gasteiger partial charge in [-0.1, -0.05) is 23.7 Å². The van der Waals surface area contributed by atoms with Gasteiger partial charge in [-0.15, -0.1) is 0 Å². The van der Waals surface area contributed by atoms with Crippen molar-refractivity contribution in [2.75, 3.05) is 50.0 Å². The van der Waals surface area contributed by atoms with E-state index in [4.69, 9.17) is 11.6 Å². The molecule has 3 heterocycles. The van der Waals surface area contributed by atoms with Gasteiger partial charge < -0.3 is 20.0 Å². The maximum absolute atomic E-state index is 12.8. The summed E-state index contributed by atoms with van der Waals surface area (Å²) >= 11 is 6.00. The van der Waals surface area contributed by atoms with E-state index in [0.717, 1.165) is 55.6 Å². The molecular formula is C25H31ClN4O. The van der Waals surface area contributed by atoms with Gasteiger partial charge in [0.05, 0.1) is 0 Å². The smallest absolute Gasteiger partial charge is 0.321 e. The minimum absolute atomic E-state index is 0.000889. The number of carbonyl (C=O) groups is 1. The van der Waals surface area contributed by atoms with Crippen molar-refractivity contribution in [3.05, 3.63) is 59.1 Å². The quantitative estimate of drug-likeness (QED) is 0.741. The van der Waals surface area contributed by atoms with Crippen molar-refractivity contribution in [3.8, 4) is 0 Å². The van der Waals surface area contributed by atoms with Crippen LogP contribution < -0.4 is 10.2 Å². The van der Waals surface area contributed by atoms with E-state index in [9.17, 15) is 4.79 Å². The number of halogens is 1. The molecule has 0 saturated carbocycles. The van der Waals surface area contributed by atoms with Crippen molar-refractivity contribution >= 4 is 29.0 Å². The summed E-state index contributed by atoms with van der Waals surface area (Å²) in [5.74, 6) is 1.29. The number of rotatable bonds is 3. The molecule has 2 unspecified atom stereocenters. The number of nitrogens with zero attached hydrogens (tertiary/aromatic N) is 3. The fourth-order valence-electron chi connectivity index (χ4n) is 5.58. The Morgan fingerprint density at radius 2 is 1.65 bits per heavy atom. The van der Waals surface area contributed by atoms with Crippen LogP contribution in [0, 0.1) is 5.92 Å². The molecule has 0 radical (unpaired) electrons. The lowest BCUT2D eigenvalue weighted by Crippen LogP contribution is -2.40. The maximum atomic E-state index is 12.8. The number of likely N-dealkylation sites (tertiary alicyclic amines) is 2. The summed E-state index contributed by atoms with van der Waals surface area (Å²) in [6.45, 7) is 5.06. The zero-order valence-corrected chi connectivity index (χ0v) is 18.9. The topological polar surface area (TPSA) is 38.8 Å². The van der Waals surface area contributed by atoms with E-state index >= 15 is 0 Å². The summed E-state index contributed by atoms with van der Waals surface area (Å²) in [7, 11) is 2.22. The molecule has 2 amide bonds. The second-order valence-corrected chi connectivity index (χ2v) is 9.76. The summed E-state index contributed by atoms with van der Waals surface area (Å²) < 4.78 is 0. The normalized spacial score (nSPS) is 24.5. The van der Waals surface area contributed by atoms with E-state index in [1.165, 1.54) is 24.2 Å². The molecule has 3 fully saturated rings. The first kappa shape index (κ1) is 20.7. The zero-order chi connectivity index (χ0) is 21.4. The van der Waals surface area contributed by atoms with Gasteiger partial charge in [0.15, 0.2) is 0 Å². The minimum Gasteiger partial charge on any atom is -0.367 e. The molecule has 0 bridgehead atoms. The van der Waals surface area contributed by atoms with Gasteiger partial charge in [-0.05, 0) is 80.1 Å². The van der Waals surface area contributed by atoms with E-state index in [0.29, 0.717) is 12.0 Å². The lowest BCUT2D eigenvalue weighted by molar-refractivity contribution is 0.194. The van der Waals surface area contributed by atoms with Gasteiger partial charge in [-0.25, -0.2) is 4.79 Å². The predicted octanol–water partition coefficient (Wildman–Crippen LogP) is 4.89. The number of nitrogens with one attached hydrogen (secondary N) is 1. The predicted molar refractivity (Wildman–Crippen MR) is 127 cm³/mol. The molecule has 3 aliphatic rings. The molecule has 3 aliphatic heterocycles. The summed E-state index contributed by atoms with van der Waals surface area (Å²) in [5, 5.41) is 3.86. The molecular weight excluding hydrogens is 408 g/mol. The summed E-state index contributed by atoms with van der Waals surface area (Å²) in [6.07, 6.45) is 3.25. The van der Waals surface area contributed by atoms with Crippen molar-refractivity contribution in [1.82, 2.24) is 9.80 Å². The van der Waals surface area contributed by atoms with Crippen LogP contribution in [0.4, 0.5) is 16.2 Å². The van der Waals surface area contributed by atoms with Gasteiger partial charge in [0.1, 0.15) is 0 Å². The third-order valence-electron chi connectivity index (χ3n) is 7.30. The van der Waals surface area contributed by atoms with Crippen LogP contribution in [0.1, 0.15) is 30.7 Å². The highest BCUT2D eigenvalue weighted by molar-refractivity contribution is 6.30. The molecule has 31 heavy (non-hydrogen) atoms. The molecule has 2 aromatic carbocycles. The van der Waals surface area contributed by atoms with Crippen LogP contribution in [-0.4, -0.2) is 61.6 Å². The molecule has 6 heteroatoms. The number of anilines is 2. The Balaban J connectivity index is 1.15. The van der Waals surface area contributed by atoms with Gasteiger partial charge in [-0.3, -0.25) is 0 Å². The summed E-state index contributed by atoms with van der Waals surface area (Å²) in [4.78, 5) is 19.7. The van der Waals surface area contributed by atoms with Crippen molar-refractivity contribution in [2.24, 2.45) is 5.92 Å². The Kier molecular flexibility index (Phi) is 5.81. The summed E-state index contributed by atoms with van der Waals surface area (Å²) in [5.41, 5.74) is 3.45. The molecule has 164 valence electrons. The number of hydrogen-bond donors (Lipinski definition) is 1. The molecule has 2 atom stereocenters. The molecule has 3 saturated heterocycles. The largest absolute Gasteiger partial charge is 0.367 e. The van der Waals surface area contributed by atoms with Crippen LogP contribution in [0.3, 0.4) is 0 Å². The minimum atomic E-state index is 0.000889. The number of likely N-dealkylation sites (N-methyl/N-ethyl adjacent to an activating group) is 1. The van der Waals surface area contributed by atoms with E-state index in [-0.39, 0.29) is 6.03 Å². The zero-order valence-electron chi connectivity index (χ0n) is 18.1. The Hall–Kier alpha value is -2.24. The van der Waals surface area contributed by atoms with Crippen molar-refractivity contribution in [3.63, 3.8) is 0 Å². The van der Waals surface area contributed by atoms with Crippen LogP contribution in [0.25, 0.3) is 0 Å². The van der Waals surface area contributed by atoms with Crippen molar-refractivity contribution < 1.29 is 4.79 Å². The highest BCUT2D eigenvalue weighted by Gasteiger charge is 2.39. The van der Waals surface area contributed by atoms with Crippen LogP contribution >= 0.6 is 11.6 Å². The fourth-order valence-corrected chi connectivity index (χ4v) is 5.71. The third kappa shape index (κ3) is 4.39. The van der Waals surface area contributed by atoms with Gasteiger partial charge >= 0.3 is 6.03 Å². The summed E-state index contributed by atoms with van der Waals surface area (Å²) in [6, 6.07) is 17.1. The fraction of sp³-hybridized carbons (Fsp3) is 0.480. The van der Waals surface area contributed by atoms with Crippen molar-refractivity contribution in [1.29, 1.82) is 0 Å². The third-order valence-corrected chi connectivity index (χ3v) is 7.56. The van der Waals surface area contributed by atoms with E-state index in [1.54, 1.807) is 0 Å². The number of amides is 2. The Morgan fingerprint density at radius 1 is 0.935 bits per heavy atom. The average Bonchev–Trinajstić information content (AvgIpc) is 3.34. The standard InChI is InChI=1S/C25H31ClN4O/c1-28-16-20-12-15-30(24(20)17-28)23-8-6-22(7-9-23)27-25(31)29-13-10-19(11-14-29)18-2-4-21(26)5-3-18/h2-9,19-20,24H,10-17H2,1H3,(H,27,31). The van der Waals surface area contributed by atoms with Crippen LogP contribution in [0.15, 0.2) is 48.5 Å². The van der Waals surface area contributed by atoms with Gasteiger partial charge in [0.25, 0.3) is 0 Å². The average molecular weight is 439 g/mol. The molecule has 2 aromatic rings. The van der Waals surface area contributed by atoms with Gasteiger partial charge in [-0.2, -0.15) is 0 Å². The first-order chi connectivity index (χ1) is 15.1. The second kappa shape index (κ2) is 8.71. The van der Waals surface area contributed by atoms with Gasteiger partial charge in [0.2, 0.25) is 0 Å². The Morgan fingerprint density at radius 3 is 2.35 bits per heavy atom.